The lowest BCUT2D eigenvalue weighted by atomic mass is 9.91. The van der Waals surface area contributed by atoms with Crippen LogP contribution in [0.4, 0.5) is 5.69 Å². The third-order valence-corrected chi connectivity index (χ3v) is 4.35. The molecular weight excluding hydrogens is 332 g/mol. The number of halogens is 2. The summed E-state index contributed by atoms with van der Waals surface area (Å²) in [4.78, 5) is 0. The molecule has 1 saturated carbocycles. The van der Waals surface area contributed by atoms with Crippen LogP contribution < -0.4 is 11.1 Å². The van der Waals surface area contributed by atoms with Crippen molar-refractivity contribution in [1.29, 1.82) is 0 Å². The highest BCUT2D eigenvalue weighted by Crippen LogP contribution is 2.32. The van der Waals surface area contributed by atoms with Crippen LogP contribution in [0.3, 0.4) is 0 Å². The summed E-state index contributed by atoms with van der Waals surface area (Å²) < 4.78 is 2.20. The number of benzene rings is 1. The van der Waals surface area contributed by atoms with Gasteiger partial charge in [0.15, 0.2) is 0 Å². The van der Waals surface area contributed by atoms with Crippen molar-refractivity contribution in [3.05, 3.63) is 27.1 Å². The van der Waals surface area contributed by atoms with Crippen LogP contribution in [0.15, 0.2) is 27.1 Å². The summed E-state index contributed by atoms with van der Waals surface area (Å²) in [5.41, 5.74) is 7.13. The van der Waals surface area contributed by atoms with E-state index in [1.165, 1.54) is 12.8 Å². The van der Waals surface area contributed by atoms with E-state index in [0.717, 1.165) is 27.5 Å². The number of hydrogen-bond acceptors (Lipinski definition) is 2. The lowest BCUT2D eigenvalue weighted by Gasteiger charge is -2.29. The molecule has 4 heteroatoms. The van der Waals surface area contributed by atoms with Gasteiger partial charge in [0.05, 0.1) is 5.69 Å². The predicted octanol–water partition coefficient (Wildman–Crippen LogP) is 3.89. The number of anilines is 1. The minimum Gasteiger partial charge on any atom is -0.380 e. The Labute approximate surface area is 113 Å². The molecule has 2 rings (SSSR count). The van der Waals surface area contributed by atoms with Gasteiger partial charge in [-0.1, -0.05) is 6.07 Å². The van der Waals surface area contributed by atoms with Gasteiger partial charge in [-0.05, 0) is 69.7 Å². The van der Waals surface area contributed by atoms with E-state index >= 15 is 0 Å². The number of hydrogen-bond donors (Lipinski definition) is 2. The molecule has 0 amide bonds. The maximum absolute atomic E-state index is 5.99. The Morgan fingerprint density at radius 1 is 1.19 bits per heavy atom. The topological polar surface area (TPSA) is 38.0 Å². The van der Waals surface area contributed by atoms with Gasteiger partial charge in [-0.25, -0.2) is 0 Å². The fraction of sp³-hybridized carbons (Fsp3) is 0.500. The Bertz CT molecular complexity index is 348. The largest absolute Gasteiger partial charge is 0.380 e. The second kappa shape index (κ2) is 5.52. The third-order valence-electron chi connectivity index (χ3n) is 3.03. The van der Waals surface area contributed by atoms with Gasteiger partial charge in [0.2, 0.25) is 0 Å². The molecule has 1 fully saturated rings. The van der Waals surface area contributed by atoms with Gasteiger partial charge in [-0.15, -0.1) is 0 Å². The van der Waals surface area contributed by atoms with Gasteiger partial charge in [0.1, 0.15) is 0 Å². The summed E-state index contributed by atoms with van der Waals surface area (Å²) in [7, 11) is 0. The highest BCUT2D eigenvalue weighted by atomic mass is 79.9. The second-order valence-corrected chi connectivity index (χ2v) is 6.07. The van der Waals surface area contributed by atoms with Gasteiger partial charge in [0.25, 0.3) is 0 Å². The standard InChI is InChI=1S/C12H16Br2N2/c13-10-5-2-6-11(14)12(10)16-9-4-1-3-8(15)7-9/h2,5-6,8-9,16H,1,3-4,7,15H2. The molecule has 1 aromatic rings. The van der Waals surface area contributed by atoms with E-state index in [1.807, 2.05) is 6.07 Å². The normalized spacial score (nSPS) is 25.4. The molecule has 1 aliphatic carbocycles. The molecule has 0 heterocycles. The molecule has 0 radical (unpaired) electrons. The number of nitrogens with one attached hydrogen (secondary N) is 1. The Morgan fingerprint density at radius 2 is 1.88 bits per heavy atom. The zero-order chi connectivity index (χ0) is 11.5. The summed E-state index contributed by atoms with van der Waals surface area (Å²) in [6.45, 7) is 0. The molecule has 16 heavy (non-hydrogen) atoms. The Morgan fingerprint density at radius 3 is 2.50 bits per heavy atom. The van der Waals surface area contributed by atoms with E-state index in [-0.39, 0.29) is 0 Å². The van der Waals surface area contributed by atoms with Crippen LogP contribution >= 0.6 is 31.9 Å². The molecule has 1 aromatic carbocycles. The lowest BCUT2D eigenvalue weighted by molar-refractivity contribution is 0.409. The van der Waals surface area contributed by atoms with Crippen molar-refractivity contribution in [2.45, 2.75) is 37.8 Å². The average molecular weight is 348 g/mol. The number of rotatable bonds is 2. The van der Waals surface area contributed by atoms with Crippen molar-refractivity contribution in [2.24, 2.45) is 5.73 Å². The van der Waals surface area contributed by atoms with Crippen LogP contribution in [0.25, 0.3) is 0 Å². The first-order chi connectivity index (χ1) is 7.66. The average Bonchev–Trinajstić information content (AvgIpc) is 2.24. The highest BCUT2D eigenvalue weighted by molar-refractivity contribution is 9.11. The van der Waals surface area contributed by atoms with Gasteiger partial charge in [-0.3, -0.25) is 0 Å². The van der Waals surface area contributed by atoms with Crippen molar-refractivity contribution >= 4 is 37.5 Å². The predicted molar refractivity (Wildman–Crippen MR) is 75.7 cm³/mol. The maximum atomic E-state index is 5.99. The lowest BCUT2D eigenvalue weighted by Crippen LogP contribution is -2.35. The van der Waals surface area contributed by atoms with Crippen molar-refractivity contribution in [1.82, 2.24) is 0 Å². The molecule has 2 atom stereocenters. The molecule has 2 unspecified atom stereocenters. The summed E-state index contributed by atoms with van der Waals surface area (Å²) in [5, 5.41) is 3.57. The van der Waals surface area contributed by atoms with E-state index in [0.29, 0.717) is 12.1 Å². The number of para-hydroxylation sites is 1. The SMILES string of the molecule is NC1CCCC(Nc2c(Br)cccc2Br)C1. The summed E-state index contributed by atoms with van der Waals surface area (Å²) in [6.07, 6.45) is 4.66. The van der Waals surface area contributed by atoms with E-state index in [1.54, 1.807) is 0 Å². The summed E-state index contributed by atoms with van der Waals surface area (Å²) in [6, 6.07) is 6.98. The van der Waals surface area contributed by atoms with E-state index in [9.17, 15) is 0 Å². The third kappa shape index (κ3) is 2.99. The van der Waals surface area contributed by atoms with Crippen molar-refractivity contribution in [3.63, 3.8) is 0 Å². The molecule has 88 valence electrons. The van der Waals surface area contributed by atoms with Gasteiger partial charge < -0.3 is 11.1 Å². The molecule has 1 aliphatic rings. The molecule has 2 nitrogen and oxygen atoms in total. The maximum Gasteiger partial charge on any atom is 0.0631 e. The Kier molecular flexibility index (Phi) is 4.27. The first-order valence-electron chi connectivity index (χ1n) is 5.63. The molecule has 0 aromatic heterocycles. The fourth-order valence-corrected chi connectivity index (χ4v) is 3.43. The van der Waals surface area contributed by atoms with Crippen LogP contribution in [0, 0.1) is 0 Å². The summed E-state index contributed by atoms with van der Waals surface area (Å²) in [5.74, 6) is 0. The van der Waals surface area contributed by atoms with Gasteiger partial charge in [-0.2, -0.15) is 0 Å². The monoisotopic (exact) mass is 346 g/mol. The minimum absolute atomic E-state index is 0.354. The molecular formula is C12H16Br2N2. The van der Waals surface area contributed by atoms with Crippen LogP contribution in [-0.4, -0.2) is 12.1 Å². The van der Waals surface area contributed by atoms with Crippen molar-refractivity contribution < 1.29 is 0 Å². The number of nitrogens with two attached hydrogens (primary N) is 1. The quantitative estimate of drug-likeness (QED) is 0.851. The Balaban J connectivity index is 2.08. The van der Waals surface area contributed by atoms with Gasteiger partial charge >= 0.3 is 0 Å². The molecule has 0 saturated heterocycles. The van der Waals surface area contributed by atoms with E-state index < -0.39 is 0 Å². The van der Waals surface area contributed by atoms with E-state index in [2.05, 4.69) is 49.3 Å². The molecule has 0 aliphatic heterocycles. The van der Waals surface area contributed by atoms with Crippen LogP contribution in [0.2, 0.25) is 0 Å². The van der Waals surface area contributed by atoms with Crippen LogP contribution in [-0.2, 0) is 0 Å². The fourth-order valence-electron chi connectivity index (χ4n) is 2.20. The first-order valence-corrected chi connectivity index (χ1v) is 7.21. The smallest absolute Gasteiger partial charge is 0.0631 e. The van der Waals surface area contributed by atoms with E-state index in [4.69, 9.17) is 5.73 Å². The highest BCUT2D eigenvalue weighted by Gasteiger charge is 2.20. The zero-order valence-corrected chi connectivity index (χ0v) is 12.2. The van der Waals surface area contributed by atoms with Crippen molar-refractivity contribution in [3.8, 4) is 0 Å². The van der Waals surface area contributed by atoms with Crippen molar-refractivity contribution in [2.75, 3.05) is 5.32 Å². The molecule has 0 bridgehead atoms. The van der Waals surface area contributed by atoms with Gasteiger partial charge in [0, 0.05) is 21.0 Å². The Hall–Kier alpha value is -0.0600. The summed E-state index contributed by atoms with van der Waals surface area (Å²) >= 11 is 7.13. The molecule has 0 spiro atoms. The first kappa shape index (κ1) is 12.4. The van der Waals surface area contributed by atoms with Crippen LogP contribution in [0.1, 0.15) is 25.7 Å². The second-order valence-electron chi connectivity index (χ2n) is 4.36. The zero-order valence-electron chi connectivity index (χ0n) is 9.05. The van der Waals surface area contributed by atoms with Crippen LogP contribution in [0.5, 0.6) is 0 Å². The minimum atomic E-state index is 0.354. The molecule has 3 N–H and O–H groups in total.